The first-order valence-electron chi connectivity index (χ1n) is 9.98. The molecule has 2 aromatic rings. The van der Waals surface area contributed by atoms with E-state index in [1.165, 1.54) is 0 Å². The van der Waals surface area contributed by atoms with E-state index in [0.717, 1.165) is 31.6 Å². The van der Waals surface area contributed by atoms with E-state index in [1.54, 1.807) is 10.9 Å². The number of ether oxygens (including phenoxy) is 1. The van der Waals surface area contributed by atoms with Crippen LogP contribution in [0.4, 0.5) is 0 Å². The van der Waals surface area contributed by atoms with E-state index in [9.17, 15) is 9.59 Å². The lowest BCUT2D eigenvalue weighted by molar-refractivity contribution is -0.119. The molecule has 9 heteroatoms. The predicted molar refractivity (Wildman–Crippen MR) is 103 cm³/mol. The van der Waals surface area contributed by atoms with E-state index in [-0.39, 0.29) is 41.7 Å². The van der Waals surface area contributed by atoms with Gasteiger partial charge in [-0.05, 0) is 25.0 Å². The van der Waals surface area contributed by atoms with Crippen LogP contribution in [0, 0.1) is 11.8 Å². The van der Waals surface area contributed by atoms with Crippen molar-refractivity contribution in [2.24, 2.45) is 17.6 Å². The number of carbonyl (C=O) groups excluding carboxylic acids is 2. The zero-order chi connectivity index (χ0) is 20.0. The molecule has 1 aromatic heterocycles. The normalized spacial score (nSPS) is 30.4. The fraction of sp³-hybridized carbons (Fsp3) is 0.500. The van der Waals surface area contributed by atoms with Crippen molar-refractivity contribution >= 4 is 11.8 Å². The van der Waals surface area contributed by atoms with Crippen molar-refractivity contribution in [3.63, 3.8) is 0 Å². The number of likely N-dealkylation sites (tertiary alicyclic amines) is 1. The molecule has 4 atom stereocenters. The van der Waals surface area contributed by atoms with Crippen LogP contribution in [0.25, 0.3) is 5.69 Å². The van der Waals surface area contributed by atoms with Crippen LogP contribution in [0.2, 0.25) is 0 Å². The van der Waals surface area contributed by atoms with Crippen molar-refractivity contribution < 1.29 is 14.3 Å². The molecular formula is C20H24N6O3. The lowest BCUT2D eigenvalue weighted by Gasteiger charge is -2.29. The molecule has 3 N–H and O–H groups in total. The van der Waals surface area contributed by atoms with Gasteiger partial charge in [-0.3, -0.25) is 14.5 Å². The third-order valence-corrected chi connectivity index (χ3v) is 6.48. The number of nitrogens with zero attached hydrogens (tertiary/aromatic N) is 4. The molecule has 3 fully saturated rings. The summed E-state index contributed by atoms with van der Waals surface area (Å²) in [6.07, 6.45) is 3.79. The molecule has 5 rings (SSSR count). The van der Waals surface area contributed by atoms with Crippen LogP contribution in [-0.2, 0) is 9.53 Å². The Morgan fingerprint density at radius 1 is 1.31 bits per heavy atom. The second kappa shape index (κ2) is 6.93. The van der Waals surface area contributed by atoms with Crippen molar-refractivity contribution in [1.29, 1.82) is 0 Å². The number of nitrogens with two attached hydrogens (primary N) is 1. The van der Waals surface area contributed by atoms with Gasteiger partial charge < -0.3 is 15.8 Å². The van der Waals surface area contributed by atoms with Gasteiger partial charge in [-0.15, -0.1) is 5.10 Å². The highest BCUT2D eigenvalue weighted by molar-refractivity contribution is 5.91. The predicted octanol–water partition coefficient (Wildman–Crippen LogP) is -0.0382. The zero-order valence-electron chi connectivity index (χ0n) is 16.0. The van der Waals surface area contributed by atoms with Crippen molar-refractivity contribution in [3.05, 3.63) is 42.2 Å². The quantitative estimate of drug-likeness (QED) is 0.708. The summed E-state index contributed by atoms with van der Waals surface area (Å²) in [7, 11) is 0. The van der Waals surface area contributed by atoms with Crippen LogP contribution in [0.1, 0.15) is 23.3 Å². The first-order valence-corrected chi connectivity index (χ1v) is 9.98. The minimum absolute atomic E-state index is 0.163. The first-order chi connectivity index (χ1) is 14.0. The Hall–Kier alpha value is -2.78. The summed E-state index contributed by atoms with van der Waals surface area (Å²) in [5.74, 6) is -0.0195. The van der Waals surface area contributed by atoms with Crippen LogP contribution in [-0.4, -0.2) is 69.6 Å². The van der Waals surface area contributed by atoms with Crippen molar-refractivity contribution in [1.82, 2.24) is 25.2 Å². The molecule has 29 heavy (non-hydrogen) atoms. The number of primary amides is 1. The Kier molecular flexibility index (Phi) is 4.36. The van der Waals surface area contributed by atoms with Crippen LogP contribution in [0.5, 0.6) is 0 Å². The summed E-state index contributed by atoms with van der Waals surface area (Å²) in [4.78, 5) is 26.0. The summed E-state index contributed by atoms with van der Waals surface area (Å²) >= 11 is 0. The van der Waals surface area contributed by atoms with Crippen molar-refractivity contribution in [3.8, 4) is 5.69 Å². The van der Waals surface area contributed by atoms with Gasteiger partial charge in [0.15, 0.2) is 5.69 Å². The highest BCUT2D eigenvalue weighted by Crippen LogP contribution is 2.54. The molecule has 0 unspecified atom stereocenters. The smallest absolute Gasteiger partial charge is 0.273 e. The van der Waals surface area contributed by atoms with Gasteiger partial charge in [-0.1, -0.05) is 23.4 Å². The number of benzene rings is 1. The van der Waals surface area contributed by atoms with Gasteiger partial charge in [0.25, 0.3) is 5.91 Å². The van der Waals surface area contributed by atoms with E-state index >= 15 is 0 Å². The second-order valence-corrected chi connectivity index (χ2v) is 8.26. The molecule has 3 aliphatic rings. The highest BCUT2D eigenvalue weighted by Gasteiger charge is 2.62. The highest BCUT2D eigenvalue weighted by atomic mass is 16.5. The van der Waals surface area contributed by atoms with E-state index in [1.807, 2.05) is 30.3 Å². The number of hydrogen-bond acceptors (Lipinski definition) is 6. The number of amides is 2. The molecule has 0 saturated carbocycles. The summed E-state index contributed by atoms with van der Waals surface area (Å²) in [6.45, 7) is 2.31. The number of aromatic nitrogens is 3. The molecule has 1 spiro atoms. The largest absolute Gasteiger partial charge is 0.370 e. The standard InChI is InChI=1S/C20H24N6O3/c21-18(27)11-25-9-15-14(17-6-7-20(15,12-25)29-17)8-22-19(28)16-10-26(24-23-16)13-4-2-1-3-5-13/h1-5,10,14-15,17H,6-9,11-12H2,(H2,21,27)(H,22,28)/t14-,15+,17+,20+/m0/s1. The van der Waals surface area contributed by atoms with Crippen molar-refractivity contribution in [2.45, 2.75) is 24.5 Å². The monoisotopic (exact) mass is 396 g/mol. The number of nitrogens with one attached hydrogen (secondary N) is 1. The minimum atomic E-state index is -0.317. The van der Waals surface area contributed by atoms with E-state index < -0.39 is 0 Å². The number of rotatable bonds is 6. The van der Waals surface area contributed by atoms with Gasteiger partial charge in [0.2, 0.25) is 5.91 Å². The van der Waals surface area contributed by atoms with Gasteiger partial charge >= 0.3 is 0 Å². The second-order valence-electron chi connectivity index (χ2n) is 8.26. The third-order valence-electron chi connectivity index (χ3n) is 6.48. The number of para-hydroxylation sites is 1. The molecule has 1 aromatic carbocycles. The molecular weight excluding hydrogens is 372 g/mol. The molecule has 3 saturated heterocycles. The molecule has 4 heterocycles. The van der Waals surface area contributed by atoms with Gasteiger partial charge in [0, 0.05) is 31.5 Å². The first kappa shape index (κ1) is 18.3. The topological polar surface area (TPSA) is 115 Å². The average molecular weight is 396 g/mol. The Morgan fingerprint density at radius 2 is 2.14 bits per heavy atom. The Morgan fingerprint density at radius 3 is 2.93 bits per heavy atom. The summed E-state index contributed by atoms with van der Waals surface area (Å²) in [6, 6.07) is 9.54. The maximum atomic E-state index is 12.6. The minimum Gasteiger partial charge on any atom is -0.370 e. The molecule has 2 amide bonds. The number of hydrogen-bond donors (Lipinski definition) is 2. The third kappa shape index (κ3) is 3.20. The van der Waals surface area contributed by atoms with Gasteiger partial charge in [-0.25, -0.2) is 4.68 Å². The number of carbonyl (C=O) groups is 2. The molecule has 9 nitrogen and oxygen atoms in total. The maximum Gasteiger partial charge on any atom is 0.273 e. The molecule has 3 aliphatic heterocycles. The lowest BCUT2D eigenvalue weighted by Crippen LogP contribution is -2.42. The molecule has 0 radical (unpaired) electrons. The van der Waals surface area contributed by atoms with E-state index in [2.05, 4.69) is 20.5 Å². The molecule has 0 aliphatic carbocycles. The Labute approximate surface area is 168 Å². The van der Waals surface area contributed by atoms with Crippen LogP contribution >= 0.6 is 0 Å². The van der Waals surface area contributed by atoms with Gasteiger partial charge in [-0.2, -0.15) is 0 Å². The van der Waals surface area contributed by atoms with Crippen molar-refractivity contribution in [2.75, 3.05) is 26.2 Å². The summed E-state index contributed by atoms with van der Waals surface area (Å²) in [5, 5.41) is 11.1. The maximum absolute atomic E-state index is 12.6. The Balaban J connectivity index is 1.23. The number of fused-ring (bicyclic) bond motifs is 1. The fourth-order valence-electron chi connectivity index (χ4n) is 5.28. The zero-order valence-corrected chi connectivity index (χ0v) is 16.0. The van der Waals surface area contributed by atoms with Crippen LogP contribution in [0.3, 0.4) is 0 Å². The molecule has 152 valence electrons. The summed E-state index contributed by atoms with van der Waals surface area (Å²) < 4.78 is 7.92. The van der Waals surface area contributed by atoms with Crippen LogP contribution < -0.4 is 11.1 Å². The van der Waals surface area contributed by atoms with Gasteiger partial charge in [0.05, 0.1) is 30.1 Å². The summed E-state index contributed by atoms with van der Waals surface area (Å²) in [5.41, 5.74) is 6.31. The van der Waals surface area contributed by atoms with Gasteiger partial charge in [0.1, 0.15) is 0 Å². The fourth-order valence-corrected chi connectivity index (χ4v) is 5.28. The Bertz CT molecular complexity index is 931. The van der Waals surface area contributed by atoms with Crippen LogP contribution in [0.15, 0.2) is 36.5 Å². The lowest BCUT2D eigenvalue weighted by atomic mass is 9.73. The average Bonchev–Trinajstić information content (AvgIpc) is 3.46. The van der Waals surface area contributed by atoms with E-state index in [0.29, 0.717) is 12.5 Å². The SMILES string of the molecule is NC(=O)CN1C[C@@H]2[C@H](CNC(=O)c3cn(-c4ccccc4)nn3)[C@H]3CC[C@]2(C1)O3. The van der Waals surface area contributed by atoms with E-state index in [4.69, 9.17) is 10.5 Å². The molecule has 2 bridgehead atoms.